The van der Waals surface area contributed by atoms with Gasteiger partial charge in [-0.2, -0.15) is 0 Å². The van der Waals surface area contributed by atoms with Crippen molar-refractivity contribution in [2.24, 2.45) is 0 Å². The molecule has 1 N–H and O–H groups in total. The van der Waals surface area contributed by atoms with Crippen molar-refractivity contribution in [3.8, 4) is 11.8 Å². The van der Waals surface area contributed by atoms with Gasteiger partial charge in [-0.1, -0.05) is 60.4 Å². The standard InChI is InChI=1S/C22H26N2O/c25-17-13-22-19-23(14-7-12-20-8-3-1-4-9-20)15-16-24(22)18-21-10-5-2-6-11-21/h1-6,8-11,22,25H,13-19H2. The Morgan fingerprint density at radius 1 is 0.960 bits per heavy atom. The zero-order chi connectivity index (χ0) is 17.3. The first-order chi connectivity index (χ1) is 12.3. The molecule has 0 amide bonds. The molecular weight excluding hydrogens is 308 g/mol. The third-order valence-corrected chi connectivity index (χ3v) is 4.69. The fourth-order valence-electron chi connectivity index (χ4n) is 3.32. The Labute approximate surface area is 150 Å². The average Bonchev–Trinajstić information content (AvgIpc) is 2.66. The quantitative estimate of drug-likeness (QED) is 0.852. The Morgan fingerprint density at radius 2 is 1.68 bits per heavy atom. The SMILES string of the molecule is OCCC1CN(CC#Cc2ccccc2)CCN1Cc1ccccc1. The van der Waals surface area contributed by atoms with E-state index in [0.29, 0.717) is 6.04 Å². The van der Waals surface area contributed by atoms with E-state index in [2.05, 4.69) is 52.0 Å². The van der Waals surface area contributed by atoms with Gasteiger partial charge in [0.25, 0.3) is 0 Å². The molecule has 1 atom stereocenters. The van der Waals surface area contributed by atoms with E-state index in [-0.39, 0.29) is 6.61 Å². The summed E-state index contributed by atoms with van der Waals surface area (Å²) in [6.07, 6.45) is 0.815. The highest BCUT2D eigenvalue weighted by Gasteiger charge is 2.26. The van der Waals surface area contributed by atoms with Crippen LogP contribution in [0.25, 0.3) is 0 Å². The van der Waals surface area contributed by atoms with Crippen LogP contribution < -0.4 is 0 Å². The number of piperazine rings is 1. The minimum atomic E-state index is 0.236. The van der Waals surface area contributed by atoms with Gasteiger partial charge in [-0.3, -0.25) is 9.80 Å². The molecule has 1 aliphatic rings. The fraction of sp³-hybridized carbons (Fsp3) is 0.364. The zero-order valence-electron chi connectivity index (χ0n) is 14.6. The molecule has 0 aromatic heterocycles. The van der Waals surface area contributed by atoms with Gasteiger partial charge in [-0.25, -0.2) is 0 Å². The molecule has 0 bridgehead atoms. The fourth-order valence-corrected chi connectivity index (χ4v) is 3.32. The number of benzene rings is 2. The molecule has 0 radical (unpaired) electrons. The van der Waals surface area contributed by atoms with Gasteiger partial charge in [-0.15, -0.1) is 0 Å². The van der Waals surface area contributed by atoms with E-state index >= 15 is 0 Å². The van der Waals surface area contributed by atoms with Crippen LogP contribution in [-0.2, 0) is 6.54 Å². The maximum absolute atomic E-state index is 9.44. The van der Waals surface area contributed by atoms with Gasteiger partial charge >= 0.3 is 0 Å². The lowest BCUT2D eigenvalue weighted by Crippen LogP contribution is -2.52. The molecule has 3 rings (SSSR count). The van der Waals surface area contributed by atoms with Crippen molar-refractivity contribution < 1.29 is 5.11 Å². The number of rotatable bonds is 5. The molecule has 1 heterocycles. The number of aliphatic hydroxyl groups is 1. The van der Waals surface area contributed by atoms with Crippen LogP contribution in [0.2, 0.25) is 0 Å². The summed E-state index contributed by atoms with van der Waals surface area (Å²) in [4.78, 5) is 4.89. The van der Waals surface area contributed by atoms with E-state index in [0.717, 1.165) is 44.7 Å². The Hall–Kier alpha value is -2.12. The summed E-state index contributed by atoms with van der Waals surface area (Å²) in [5.74, 6) is 6.53. The van der Waals surface area contributed by atoms with Crippen molar-refractivity contribution in [1.82, 2.24) is 9.80 Å². The van der Waals surface area contributed by atoms with Crippen molar-refractivity contribution in [3.63, 3.8) is 0 Å². The Morgan fingerprint density at radius 3 is 2.40 bits per heavy atom. The van der Waals surface area contributed by atoms with E-state index < -0.39 is 0 Å². The molecule has 2 aromatic carbocycles. The van der Waals surface area contributed by atoms with Crippen LogP contribution in [0.1, 0.15) is 17.5 Å². The first-order valence-corrected chi connectivity index (χ1v) is 9.00. The molecule has 2 aromatic rings. The summed E-state index contributed by atoms with van der Waals surface area (Å²) in [6, 6.07) is 21.1. The van der Waals surface area contributed by atoms with E-state index in [9.17, 15) is 5.11 Å². The number of hydrogen-bond donors (Lipinski definition) is 1. The first kappa shape index (κ1) is 17.7. The van der Waals surface area contributed by atoms with Gasteiger partial charge in [0.05, 0.1) is 6.54 Å². The summed E-state index contributed by atoms with van der Waals surface area (Å²) in [7, 11) is 0. The predicted molar refractivity (Wildman–Crippen MR) is 102 cm³/mol. The van der Waals surface area contributed by atoms with Crippen molar-refractivity contribution in [1.29, 1.82) is 0 Å². The normalized spacial score (nSPS) is 18.5. The summed E-state index contributed by atoms with van der Waals surface area (Å²) >= 11 is 0. The Kier molecular flexibility index (Phi) is 6.64. The lowest BCUT2D eigenvalue weighted by molar-refractivity contribution is 0.0605. The smallest absolute Gasteiger partial charge is 0.0606 e. The molecular formula is C22H26N2O. The number of aliphatic hydroxyl groups excluding tert-OH is 1. The van der Waals surface area contributed by atoms with Crippen molar-refractivity contribution >= 4 is 0 Å². The van der Waals surface area contributed by atoms with Crippen molar-refractivity contribution in [3.05, 3.63) is 71.8 Å². The van der Waals surface area contributed by atoms with E-state index in [1.807, 2.05) is 30.3 Å². The summed E-state index contributed by atoms with van der Waals surface area (Å²) in [6.45, 7) is 4.99. The minimum absolute atomic E-state index is 0.236. The lowest BCUT2D eigenvalue weighted by atomic mass is 10.1. The van der Waals surface area contributed by atoms with E-state index in [1.165, 1.54) is 5.56 Å². The number of hydrogen-bond acceptors (Lipinski definition) is 3. The lowest BCUT2D eigenvalue weighted by Gasteiger charge is -2.40. The molecule has 1 aliphatic heterocycles. The Bertz CT molecular complexity index is 690. The van der Waals surface area contributed by atoms with E-state index in [4.69, 9.17) is 0 Å². The molecule has 0 saturated carbocycles. The second-order valence-corrected chi connectivity index (χ2v) is 6.53. The maximum Gasteiger partial charge on any atom is 0.0606 e. The summed E-state index contributed by atoms with van der Waals surface area (Å²) in [5.41, 5.74) is 2.40. The second-order valence-electron chi connectivity index (χ2n) is 6.53. The first-order valence-electron chi connectivity index (χ1n) is 9.00. The Balaban J connectivity index is 1.56. The average molecular weight is 334 g/mol. The van der Waals surface area contributed by atoms with Crippen LogP contribution in [0.3, 0.4) is 0 Å². The molecule has 3 heteroatoms. The second kappa shape index (κ2) is 9.39. The van der Waals surface area contributed by atoms with Crippen molar-refractivity contribution in [2.75, 3.05) is 32.8 Å². The molecule has 1 unspecified atom stereocenters. The van der Waals surface area contributed by atoms with Gasteiger partial charge in [0, 0.05) is 44.4 Å². The van der Waals surface area contributed by atoms with E-state index in [1.54, 1.807) is 0 Å². The molecule has 0 spiro atoms. The highest BCUT2D eigenvalue weighted by Crippen LogP contribution is 2.16. The van der Waals surface area contributed by atoms with Gasteiger partial charge in [0.1, 0.15) is 0 Å². The van der Waals surface area contributed by atoms with Crippen LogP contribution in [-0.4, -0.2) is 53.7 Å². The van der Waals surface area contributed by atoms with Crippen LogP contribution in [0.4, 0.5) is 0 Å². The third-order valence-electron chi connectivity index (χ3n) is 4.69. The third kappa shape index (κ3) is 5.44. The van der Waals surface area contributed by atoms with Crippen LogP contribution >= 0.6 is 0 Å². The molecule has 3 nitrogen and oxygen atoms in total. The monoisotopic (exact) mass is 334 g/mol. The highest BCUT2D eigenvalue weighted by molar-refractivity contribution is 5.33. The molecule has 0 aliphatic carbocycles. The van der Waals surface area contributed by atoms with Gasteiger partial charge < -0.3 is 5.11 Å². The number of nitrogens with zero attached hydrogens (tertiary/aromatic N) is 2. The summed E-state index contributed by atoms with van der Waals surface area (Å²) < 4.78 is 0. The predicted octanol–water partition coefficient (Wildman–Crippen LogP) is 2.61. The van der Waals surface area contributed by atoms with Gasteiger partial charge in [-0.05, 0) is 24.1 Å². The summed E-state index contributed by atoms with van der Waals surface area (Å²) in [5, 5.41) is 9.44. The van der Waals surface area contributed by atoms with Crippen LogP contribution in [0, 0.1) is 11.8 Å². The minimum Gasteiger partial charge on any atom is -0.396 e. The topological polar surface area (TPSA) is 26.7 Å². The molecule has 1 fully saturated rings. The van der Waals surface area contributed by atoms with Gasteiger partial charge in [0.15, 0.2) is 0 Å². The van der Waals surface area contributed by atoms with Gasteiger partial charge in [0.2, 0.25) is 0 Å². The van der Waals surface area contributed by atoms with Crippen LogP contribution in [0.5, 0.6) is 0 Å². The highest BCUT2D eigenvalue weighted by atomic mass is 16.3. The van der Waals surface area contributed by atoms with Crippen molar-refractivity contribution in [2.45, 2.75) is 19.0 Å². The zero-order valence-corrected chi connectivity index (χ0v) is 14.6. The molecule has 25 heavy (non-hydrogen) atoms. The maximum atomic E-state index is 9.44. The molecule has 130 valence electrons. The molecule has 1 saturated heterocycles. The largest absolute Gasteiger partial charge is 0.396 e. The van der Waals surface area contributed by atoms with Crippen LogP contribution in [0.15, 0.2) is 60.7 Å².